The Bertz CT molecular complexity index is 1160. The molecule has 5 heterocycles. The van der Waals surface area contributed by atoms with Crippen molar-refractivity contribution in [2.45, 2.75) is 62.8 Å². The van der Waals surface area contributed by atoms with Gasteiger partial charge in [0.2, 0.25) is 5.96 Å². The largest absolute Gasteiger partial charge is 0.344 e. The van der Waals surface area contributed by atoms with Gasteiger partial charge in [0, 0.05) is 70.3 Å². The molecule has 1 aromatic rings. The van der Waals surface area contributed by atoms with Gasteiger partial charge in [-0.2, -0.15) is 0 Å². The summed E-state index contributed by atoms with van der Waals surface area (Å²) in [4.78, 5) is 43.2. The quantitative estimate of drug-likeness (QED) is 0.646. The number of hydrogen-bond acceptors (Lipinski definition) is 8. The minimum Gasteiger partial charge on any atom is -0.344 e. The van der Waals surface area contributed by atoms with Gasteiger partial charge in [-0.25, -0.2) is 9.98 Å². The van der Waals surface area contributed by atoms with Crippen LogP contribution in [0, 0.1) is 0 Å². The lowest BCUT2D eigenvalue weighted by Gasteiger charge is -2.42. The maximum absolute atomic E-state index is 13.0. The van der Waals surface area contributed by atoms with E-state index in [2.05, 4.69) is 30.4 Å². The average molecular weight is 505 g/mol. The van der Waals surface area contributed by atoms with Crippen molar-refractivity contribution in [3.8, 4) is 0 Å². The van der Waals surface area contributed by atoms with E-state index in [0.29, 0.717) is 35.5 Å². The van der Waals surface area contributed by atoms with E-state index in [0.717, 1.165) is 50.0 Å². The first-order valence-corrected chi connectivity index (χ1v) is 13.4. The zero-order valence-electron chi connectivity index (χ0n) is 21.9. The first-order chi connectivity index (χ1) is 17.9. The first kappa shape index (κ1) is 24.0. The zero-order valence-corrected chi connectivity index (χ0v) is 21.9. The van der Waals surface area contributed by atoms with Gasteiger partial charge in [0.15, 0.2) is 0 Å². The van der Waals surface area contributed by atoms with Crippen LogP contribution < -0.4 is 10.6 Å². The number of nitrogens with one attached hydrogen (secondary N) is 2. The maximum atomic E-state index is 13.0. The molecular formula is C27H36N8O2. The van der Waals surface area contributed by atoms with Crippen LogP contribution in [0.15, 0.2) is 46.9 Å². The Morgan fingerprint density at radius 1 is 1.08 bits per heavy atom. The summed E-state index contributed by atoms with van der Waals surface area (Å²) in [6.07, 6.45) is 12.2. The lowest BCUT2D eigenvalue weighted by atomic mass is 10.1. The number of carbonyl (C=O) groups excluding carboxylic acids is 2. The van der Waals surface area contributed by atoms with Crippen molar-refractivity contribution < 1.29 is 9.59 Å². The molecule has 2 N–H and O–H groups in total. The van der Waals surface area contributed by atoms with E-state index < -0.39 is 0 Å². The molecule has 196 valence electrons. The summed E-state index contributed by atoms with van der Waals surface area (Å²) in [7, 11) is 5.59. The molecule has 0 spiro atoms. The van der Waals surface area contributed by atoms with Crippen LogP contribution in [0.1, 0.15) is 48.9 Å². The van der Waals surface area contributed by atoms with Gasteiger partial charge in [0.1, 0.15) is 17.7 Å². The lowest BCUT2D eigenvalue weighted by Crippen LogP contribution is -2.54. The summed E-state index contributed by atoms with van der Waals surface area (Å²) in [5, 5.41) is 6.90. The predicted octanol–water partition coefficient (Wildman–Crippen LogP) is 1.81. The van der Waals surface area contributed by atoms with Gasteiger partial charge in [0.05, 0.1) is 5.56 Å². The summed E-state index contributed by atoms with van der Waals surface area (Å²) >= 11 is 0. The number of nitrogens with zero attached hydrogens (tertiary/aromatic N) is 6. The molecule has 1 aromatic heterocycles. The molecular weight excluding hydrogens is 468 g/mol. The molecule has 6 rings (SSSR count). The number of rotatable bonds is 4. The molecule has 1 aliphatic carbocycles. The standard InChI is InChI=1S/C27H36N8O2/c1-32(2)26(37)22-12-18-14-29-27(33(3)24(18)35(22)21-6-4-5-7-21)31-23-11-8-17(13-28-23)25(36)34-15-19-9-10-20(16-34)30-19/h8,11-14,19-21,24,30H,4-7,9-10,15-16H2,1-3H3,(H,28,29,31). The molecule has 37 heavy (non-hydrogen) atoms. The monoisotopic (exact) mass is 504 g/mol. The number of pyridine rings is 1. The molecule has 3 unspecified atom stereocenters. The smallest absolute Gasteiger partial charge is 0.269 e. The van der Waals surface area contributed by atoms with Crippen molar-refractivity contribution in [2.24, 2.45) is 4.99 Å². The van der Waals surface area contributed by atoms with Crippen LogP contribution in [-0.2, 0) is 4.79 Å². The lowest BCUT2D eigenvalue weighted by molar-refractivity contribution is -0.127. The summed E-state index contributed by atoms with van der Waals surface area (Å²) in [6, 6.07) is 4.83. The second kappa shape index (κ2) is 9.48. The van der Waals surface area contributed by atoms with Crippen molar-refractivity contribution in [3.05, 3.63) is 47.4 Å². The summed E-state index contributed by atoms with van der Waals surface area (Å²) < 4.78 is 0. The Morgan fingerprint density at radius 2 is 1.81 bits per heavy atom. The minimum atomic E-state index is -0.0917. The number of guanidine groups is 1. The summed E-state index contributed by atoms with van der Waals surface area (Å²) in [6.45, 7) is 1.52. The van der Waals surface area contributed by atoms with Crippen LogP contribution in [0.2, 0.25) is 0 Å². The fourth-order valence-corrected chi connectivity index (χ4v) is 6.41. The van der Waals surface area contributed by atoms with Crippen LogP contribution in [-0.4, -0.2) is 101 Å². The first-order valence-electron chi connectivity index (χ1n) is 13.4. The fraction of sp³-hybridized carbons (Fsp3) is 0.556. The zero-order chi connectivity index (χ0) is 25.7. The Labute approximate surface area is 218 Å². The molecule has 3 atom stereocenters. The van der Waals surface area contributed by atoms with E-state index in [-0.39, 0.29) is 18.0 Å². The second-order valence-electron chi connectivity index (χ2n) is 11.0. The summed E-state index contributed by atoms with van der Waals surface area (Å²) in [5.74, 6) is 1.35. The molecule has 10 heteroatoms. The van der Waals surface area contributed by atoms with E-state index in [1.807, 2.05) is 36.4 Å². The number of aliphatic imine (C=N–C) groups is 1. The third-order valence-electron chi connectivity index (χ3n) is 8.28. The van der Waals surface area contributed by atoms with Crippen LogP contribution in [0.4, 0.5) is 5.82 Å². The Balaban J connectivity index is 1.18. The van der Waals surface area contributed by atoms with E-state index >= 15 is 0 Å². The van der Waals surface area contributed by atoms with Crippen molar-refractivity contribution in [1.82, 2.24) is 29.9 Å². The van der Waals surface area contributed by atoms with Crippen molar-refractivity contribution >= 4 is 23.6 Å². The van der Waals surface area contributed by atoms with Gasteiger partial charge in [0.25, 0.3) is 11.8 Å². The Hall–Kier alpha value is -3.40. The highest BCUT2D eigenvalue weighted by Gasteiger charge is 2.43. The second-order valence-corrected chi connectivity index (χ2v) is 11.0. The minimum absolute atomic E-state index is 0.0181. The molecule has 2 bridgehead atoms. The van der Waals surface area contributed by atoms with Crippen molar-refractivity contribution in [3.63, 3.8) is 0 Å². The summed E-state index contributed by atoms with van der Waals surface area (Å²) in [5.41, 5.74) is 2.36. The SMILES string of the molecule is CN(C)C(=O)C1=CC2=CN=C(Nc3ccc(C(=O)N4CC5CCC(C4)N5)cn3)N(C)C2N1C1CCCC1. The number of carbonyl (C=O) groups is 2. The fourth-order valence-electron chi connectivity index (χ4n) is 6.41. The van der Waals surface area contributed by atoms with Crippen molar-refractivity contribution in [1.29, 1.82) is 0 Å². The van der Waals surface area contributed by atoms with Crippen LogP contribution >= 0.6 is 0 Å². The number of anilines is 1. The molecule has 3 fully saturated rings. The molecule has 2 amide bonds. The number of likely N-dealkylation sites (tertiary alicyclic amines) is 1. The highest BCUT2D eigenvalue weighted by Crippen LogP contribution is 2.38. The number of amides is 2. The van der Waals surface area contributed by atoms with Crippen LogP contribution in [0.25, 0.3) is 0 Å². The van der Waals surface area contributed by atoms with Gasteiger partial charge in [-0.1, -0.05) is 12.8 Å². The topological polar surface area (TPSA) is 96.4 Å². The van der Waals surface area contributed by atoms with Gasteiger partial charge in [-0.05, 0) is 43.9 Å². The molecule has 0 radical (unpaired) electrons. The number of fused-ring (bicyclic) bond motifs is 3. The molecule has 4 aliphatic heterocycles. The van der Waals surface area contributed by atoms with Gasteiger partial charge in [-0.15, -0.1) is 0 Å². The molecule has 0 aromatic carbocycles. The van der Waals surface area contributed by atoms with E-state index in [9.17, 15) is 9.59 Å². The van der Waals surface area contributed by atoms with Gasteiger partial charge in [-0.3, -0.25) is 9.59 Å². The number of likely N-dealkylation sites (N-methyl/N-ethyl adjacent to an activating group) is 2. The highest BCUT2D eigenvalue weighted by atomic mass is 16.2. The number of aromatic nitrogens is 1. The van der Waals surface area contributed by atoms with Gasteiger partial charge < -0.3 is 30.2 Å². The average Bonchev–Trinajstić information content (AvgIpc) is 3.64. The molecule has 5 aliphatic rings. The number of hydrogen-bond donors (Lipinski definition) is 2. The molecule has 1 saturated carbocycles. The van der Waals surface area contributed by atoms with Crippen LogP contribution in [0.5, 0.6) is 0 Å². The van der Waals surface area contributed by atoms with E-state index in [1.54, 1.807) is 25.2 Å². The highest BCUT2D eigenvalue weighted by molar-refractivity contribution is 5.98. The Morgan fingerprint density at radius 3 is 2.46 bits per heavy atom. The van der Waals surface area contributed by atoms with Gasteiger partial charge >= 0.3 is 0 Å². The number of piperazine rings is 1. The normalized spacial score (nSPS) is 27.1. The van der Waals surface area contributed by atoms with E-state index in [4.69, 9.17) is 0 Å². The van der Waals surface area contributed by atoms with E-state index in [1.165, 1.54) is 12.8 Å². The third-order valence-corrected chi connectivity index (χ3v) is 8.28. The molecule has 2 saturated heterocycles. The third kappa shape index (κ3) is 4.37. The van der Waals surface area contributed by atoms with Crippen molar-refractivity contribution in [2.75, 3.05) is 39.5 Å². The Kier molecular flexibility index (Phi) is 6.14. The van der Waals surface area contributed by atoms with Crippen LogP contribution in [0.3, 0.4) is 0 Å². The maximum Gasteiger partial charge on any atom is 0.269 e. The molecule has 10 nitrogen and oxygen atoms in total. The predicted molar refractivity (Wildman–Crippen MR) is 142 cm³/mol.